The fourth-order valence-electron chi connectivity index (χ4n) is 2.35. The molecule has 0 radical (unpaired) electrons. The van der Waals surface area contributed by atoms with Gasteiger partial charge in [-0.2, -0.15) is 0 Å². The van der Waals surface area contributed by atoms with Crippen LogP contribution in [0.2, 0.25) is 0 Å². The Morgan fingerprint density at radius 2 is 1.23 bits per heavy atom. The standard InChI is InChI=1S/C11H26FP/c1-7-11(5,6)13(12,8-2,9-3)10-4/h7-10H2,1-6H3. The van der Waals surface area contributed by atoms with Crippen LogP contribution in [0.3, 0.4) is 0 Å². The third-order valence-electron chi connectivity index (χ3n) is 4.55. The molecule has 0 aliphatic carbocycles. The van der Waals surface area contributed by atoms with Crippen LogP contribution in [0.4, 0.5) is 4.20 Å². The molecule has 0 heterocycles. The summed E-state index contributed by atoms with van der Waals surface area (Å²) in [5.41, 5.74) is 0. The fourth-order valence-corrected chi connectivity index (χ4v) is 7.05. The third kappa shape index (κ3) is 1.77. The van der Waals surface area contributed by atoms with Crippen molar-refractivity contribution < 1.29 is 4.20 Å². The molecule has 0 spiro atoms. The summed E-state index contributed by atoms with van der Waals surface area (Å²) >= 11 is 0. The molecule has 0 nitrogen and oxygen atoms in total. The molecule has 0 N–H and O–H groups in total. The van der Waals surface area contributed by atoms with Crippen molar-refractivity contribution in [2.24, 2.45) is 0 Å². The van der Waals surface area contributed by atoms with E-state index in [4.69, 9.17) is 0 Å². The van der Waals surface area contributed by atoms with Crippen LogP contribution in [-0.4, -0.2) is 23.6 Å². The molecule has 0 atom stereocenters. The number of hydrogen-bond acceptors (Lipinski definition) is 0. The van der Waals surface area contributed by atoms with Crippen molar-refractivity contribution in [1.82, 2.24) is 0 Å². The molecule has 0 aromatic rings. The average molecular weight is 208 g/mol. The van der Waals surface area contributed by atoms with E-state index in [1.807, 2.05) is 20.8 Å². The van der Waals surface area contributed by atoms with Gasteiger partial charge < -0.3 is 0 Å². The van der Waals surface area contributed by atoms with Crippen LogP contribution in [-0.2, 0) is 0 Å². The summed E-state index contributed by atoms with van der Waals surface area (Å²) in [7, 11) is 0. The first kappa shape index (κ1) is 13.4. The number of halogens is 1. The molecule has 2 heteroatoms. The first-order valence-electron chi connectivity index (χ1n) is 5.52. The monoisotopic (exact) mass is 208 g/mol. The quantitative estimate of drug-likeness (QED) is 0.576. The van der Waals surface area contributed by atoms with Crippen molar-refractivity contribution in [3.8, 4) is 0 Å². The van der Waals surface area contributed by atoms with Gasteiger partial charge in [-0.3, -0.25) is 0 Å². The first-order valence-corrected chi connectivity index (χ1v) is 8.21. The molecule has 0 saturated carbocycles. The van der Waals surface area contributed by atoms with Crippen LogP contribution in [0.25, 0.3) is 0 Å². The summed E-state index contributed by atoms with van der Waals surface area (Å²) in [6.07, 6.45) is 3.20. The molecule has 0 aromatic carbocycles. The van der Waals surface area contributed by atoms with Crippen molar-refractivity contribution in [3.63, 3.8) is 0 Å². The van der Waals surface area contributed by atoms with Crippen LogP contribution >= 0.6 is 6.91 Å². The molecule has 0 aliphatic rings. The van der Waals surface area contributed by atoms with Gasteiger partial charge in [0, 0.05) is 0 Å². The topological polar surface area (TPSA) is 0 Å². The maximum absolute atomic E-state index is 15.3. The Bertz CT molecular complexity index is 160. The second-order valence-electron chi connectivity index (χ2n) is 4.70. The Labute approximate surface area is 83.3 Å². The van der Waals surface area contributed by atoms with Gasteiger partial charge in [0.05, 0.1) is 0 Å². The number of rotatable bonds is 5. The van der Waals surface area contributed by atoms with Gasteiger partial charge >= 0.3 is 82.7 Å². The van der Waals surface area contributed by atoms with E-state index in [1.165, 1.54) is 0 Å². The molecular formula is C11H26FP. The molecule has 0 aromatic heterocycles. The summed E-state index contributed by atoms with van der Waals surface area (Å²) in [6.45, 7) is 9.51. The molecule has 0 bridgehead atoms. The molecule has 0 unspecified atom stereocenters. The van der Waals surface area contributed by atoms with Gasteiger partial charge in [0.2, 0.25) is 0 Å². The second-order valence-corrected chi connectivity index (χ2v) is 11.0. The second kappa shape index (κ2) is 3.85. The average Bonchev–Trinajstić information content (AvgIpc) is 2.16. The van der Waals surface area contributed by atoms with Crippen molar-refractivity contribution in [2.75, 3.05) is 18.5 Å². The van der Waals surface area contributed by atoms with Crippen molar-refractivity contribution >= 4 is 6.91 Å². The predicted octanol–water partition coefficient (Wildman–Crippen LogP) is 4.67. The zero-order valence-corrected chi connectivity index (χ0v) is 11.0. The van der Waals surface area contributed by atoms with Crippen LogP contribution in [0.1, 0.15) is 48.0 Å². The maximum atomic E-state index is 15.3. The SMILES string of the molecule is CCC(C)(C)P(F)(CC)(CC)CC. The Kier molecular flexibility index (Phi) is 3.95. The van der Waals surface area contributed by atoms with Gasteiger partial charge in [-0.25, -0.2) is 0 Å². The molecule has 13 heavy (non-hydrogen) atoms. The van der Waals surface area contributed by atoms with E-state index < -0.39 is 6.91 Å². The van der Waals surface area contributed by atoms with Gasteiger partial charge in [-0.1, -0.05) is 0 Å². The van der Waals surface area contributed by atoms with E-state index in [9.17, 15) is 0 Å². The van der Waals surface area contributed by atoms with Crippen LogP contribution in [0.5, 0.6) is 0 Å². The Morgan fingerprint density at radius 1 is 0.923 bits per heavy atom. The third-order valence-corrected chi connectivity index (χ3v) is 12.2. The molecule has 0 rings (SSSR count). The van der Waals surface area contributed by atoms with Crippen molar-refractivity contribution in [2.45, 2.75) is 53.1 Å². The van der Waals surface area contributed by atoms with Gasteiger partial charge in [0.25, 0.3) is 0 Å². The fraction of sp³-hybridized carbons (Fsp3) is 1.00. The summed E-state index contributed by atoms with van der Waals surface area (Å²) in [6, 6.07) is 0. The summed E-state index contributed by atoms with van der Waals surface area (Å²) in [4.78, 5) is 0. The molecule has 0 aliphatic heterocycles. The van der Waals surface area contributed by atoms with Gasteiger partial charge in [0.15, 0.2) is 0 Å². The van der Waals surface area contributed by atoms with Crippen LogP contribution in [0.15, 0.2) is 0 Å². The normalized spacial score (nSPS) is 16.7. The summed E-state index contributed by atoms with van der Waals surface area (Å²) in [5.74, 6) is 0. The molecule has 0 amide bonds. The van der Waals surface area contributed by atoms with E-state index in [1.54, 1.807) is 0 Å². The molecule has 0 fully saturated rings. The zero-order chi connectivity index (χ0) is 10.8. The Hall–Kier alpha value is 0.360. The van der Waals surface area contributed by atoms with E-state index in [-0.39, 0.29) is 5.16 Å². The first-order chi connectivity index (χ1) is 5.80. The van der Waals surface area contributed by atoms with E-state index in [2.05, 4.69) is 20.8 Å². The number of hydrogen-bond donors (Lipinski definition) is 0. The summed E-state index contributed by atoms with van der Waals surface area (Å²) in [5, 5.41) is -0.0934. The van der Waals surface area contributed by atoms with Gasteiger partial charge in [0.1, 0.15) is 0 Å². The minimum absolute atomic E-state index is 0.0934. The minimum atomic E-state index is -2.92. The van der Waals surface area contributed by atoms with Crippen LogP contribution < -0.4 is 0 Å². The van der Waals surface area contributed by atoms with Crippen LogP contribution in [0, 0.1) is 0 Å². The summed E-state index contributed by atoms with van der Waals surface area (Å²) < 4.78 is 15.3. The van der Waals surface area contributed by atoms with Crippen molar-refractivity contribution in [3.05, 3.63) is 0 Å². The van der Waals surface area contributed by atoms with Gasteiger partial charge in [-0.15, -0.1) is 0 Å². The Balaban J connectivity index is 5.22. The van der Waals surface area contributed by atoms with E-state index in [0.29, 0.717) is 0 Å². The Morgan fingerprint density at radius 3 is 1.31 bits per heavy atom. The van der Waals surface area contributed by atoms with Gasteiger partial charge in [-0.05, 0) is 0 Å². The van der Waals surface area contributed by atoms with E-state index in [0.717, 1.165) is 24.9 Å². The van der Waals surface area contributed by atoms with E-state index >= 15 is 4.20 Å². The molecule has 82 valence electrons. The van der Waals surface area contributed by atoms with Crippen molar-refractivity contribution in [1.29, 1.82) is 0 Å². The molecule has 0 saturated heterocycles. The zero-order valence-electron chi connectivity index (χ0n) is 10.2. The molecular weight excluding hydrogens is 182 g/mol. The predicted molar refractivity (Wildman–Crippen MR) is 64.0 cm³/mol.